The third-order valence-corrected chi connectivity index (χ3v) is 9.16. The monoisotopic (exact) mass is 348 g/mol. The Morgan fingerprint density at radius 1 is 1.08 bits per heavy atom. The minimum atomic E-state index is -1.22. The molecule has 0 bridgehead atoms. The van der Waals surface area contributed by atoms with E-state index in [2.05, 4.69) is 13.8 Å². The van der Waals surface area contributed by atoms with Crippen LogP contribution in [0.2, 0.25) is 0 Å². The van der Waals surface area contributed by atoms with Gasteiger partial charge in [-0.25, -0.2) is 0 Å². The Morgan fingerprint density at radius 3 is 2.44 bits per heavy atom. The predicted molar refractivity (Wildman–Crippen MR) is 93.8 cm³/mol. The molecule has 4 saturated carbocycles. The maximum absolute atomic E-state index is 13.0. The molecule has 2 N–H and O–H groups in total. The average molecular weight is 348 g/mol. The second-order valence-electron chi connectivity index (χ2n) is 9.95. The summed E-state index contributed by atoms with van der Waals surface area (Å²) >= 11 is 0. The van der Waals surface area contributed by atoms with E-state index < -0.39 is 11.0 Å². The SMILES string of the molecule is CC(=O)[C@@]1(O)CC[C@H]2[C@@H]3CC(=O)[C@H]4C[C@H](O)CC[C@]4(C)[C@H]3CC[C@@]21C. The fraction of sp³-hybridized carbons (Fsp3) is 0.905. The van der Waals surface area contributed by atoms with Crippen LogP contribution in [0.3, 0.4) is 0 Å². The van der Waals surface area contributed by atoms with Crippen LogP contribution in [0, 0.1) is 34.5 Å². The van der Waals surface area contributed by atoms with E-state index in [1.807, 2.05) is 0 Å². The third kappa shape index (κ3) is 2.13. The number of carbonyl (C=O) groups is 2. The van der Waals surface area contributed by atoms with Crippen molar-refractivity contribution in [3.63, 3.8) is 0 Å². The zero-order chi connectivity index (χ0) is 18.2. The first-order valence-electron chi connectivity index (χ1n) is 10.1. The topological polar surface area (TPSA) is 74.6 Å². The molecule has 140 valence electrons. The summed E-state index contributed by atoms with van der Waals surface area (Å²) in [5.41, 5.74) is -1.62. The first-order valence-corrected chi connectivity index (χ1v) is 10.1. The van der Waals surface area contributed by atoms with Crippen LogP contribution >= 0.6 is 0 Å². The van der Waals surface area contributed by atoms with Gasteiger partial charge in [0.1, 0.15) is 11.4 Å². The molecule has 4 heteroatoms. The van der Waals surface area contributed by atoms with Gasteiger partial charge < -0.3 is 10.2 Å². The molecule has 0 heterocycles. The summed E-state index contributed by atoms with van der Waals surface area (Å²) in [6.45, 7) is 5.88. The lowest BCUT2D eigenvalue weighted by atomic mass is 9.44. The van der Waals surface area contributed by atoms with Crippen molar-refractivity contribution in [1.29, 1.82) is 0 Å². The predicted octanol–water partition coefficient (Wildman–Crippen LogP) is 2.89. The van der Waals surface area contributed by atoms with E-state index in [1.54, 1.807) is 0 Å². The van der Waals surface area contributed by atoms with Crippen molar-refractivity contribution in [2.75, 3.05) is 0 Å². The van der Waals surface area contributed by atoms with Gasteiger partial charge in [0.05, 0.1) is 6.10 Å². The van der Waals surface area contributed by atoms with Gasteiger partial charge in [-0.05, 0) is 75.0 Å². The number of hydrogen-bond acceptors (Lipinski definition) is 4. The van der Waals surface area contributed by atoms with E-state index >= 15 is 0 Å². The van der Waals surface area contributed by atoms with E-state index in [4.69, 9.17) is 0 Å². The van der Waals surface area contributed by atoms with Crippen molar-refractivity contribution in [3.8, 4) is 0 Å². The van der Waals surface area contributed by atoms with Crippen LogP contribution in [0.4, 0.5) is 0 Å². The second-order valence-corrected chi connectivity index (χ2v) is 9.95. The van der Waals surface area contributed by atoms with Gasteiger partial charge in [0.25, 0.3) is 0 Å². The Kier molecular flexibility index (Phi) is 3.81. The molecule has 0 aromatic heterocycles. The normalized spacial score (nSPS) is 55.2. The molecule has 0 saturated heterocycles. The highest BCUT2D eigenvalue weighted by molar-refractivity contribution is 5.86. The molecule has 4 rings (SSSR count). The molecule has 0 spiro atoms. The first-order chi connectivity index (χ1) is 11.6. The number of aliphatic hydroxyl groups excluding tert-OH is 1. The van der Waals surface area contributed by atoms with Crippen molar-refractivity contribution in [1.82, 2.24) is 0 Å². The van der Waals surface area contributed by atoms with Crippen LogP contribution in [0.1, 0.15) is 72.1 Å². The highest BCUT2D eigenvalue weighted by Gasteiger charge is 2.67. The standard InChI is InChI=1S/C21H32O4/c1-12(22)21(25)9-6-16-14-11-18(24)17-10-13(23)4-7-19(17,2)15(14)5-8-20(16,21)3/h13-17,23,25H,4-11H2,1-3H3/t13-,14-,15+,16+,17-,19-,20+,21+/m1/s1. The van der Waals surface area contributed by atoms with E-state index in [0.717, 1.165) is 32.1 Å². The molecule has 0 radical (unpaired) electrons. The number of Topliss-reactive ketones (excluding diaryl/α,β-unsaturated/α-hetero) is 2. The lowest BCUT2D eigenvalue weighted by Gasteiger charge is -2.60. The summed E-state index contributed by atoms with van der Waals surface area (Å²) in [7, 11) is 0. The van der Waals surface area contributed by atoms with Crippen LogP contribution < -0.4 is 0 Å². The third-order valence-electron chi connectivity index (χ3n) is 9.16. The zero-order valence-corrected chi connectivity index (χ0v) is 15.8. The lowest BCUT2D eigenvalue weighted by Crippen LogP contribution is -2.60. The number of hydrogen-bond donors (Lipinski definition) is 2. The quantitative estimate of drug-likeness (QED) is 0.764. The molecule has 4 nitrogen and oxygen atoms in total. The van der Waals surface area contributed by atoms with E-state index in [9.17, 15) is 19.8 Å². The van der Waals surface area contributed by atoms with Gasteiger partial charge in [-0.3, -0.25) is 9.59 Å². The van der Waals surface area contributed by atoms with Crippen molar-refractivity contribution in [3.05, 3.63) is 0 Å². The minimum Gasteiger partial charge on any atom is -0.393 e. The van der Waals surface area contributed by atoms with Crippen LogP contribution in [-0.4, -0.2) is 33.5 Å². The van der Waals surface area contributed by atoms with Crippen LogP contribution in [0.15, 0.2) is 0 Å². The molecular weight excluding hydrogens is 316 g/mol. The number of fused-ring (bicyclic) bond motifs is 5. The van der Waals surface area contributed by atoms with Gasteiger partial charge in [-0.2, -0.15) is 0 Å². The smallest absolute Gasteiger partial charge is 0.161 e. The first kappa shape index (κ1) is 17.7. The second kappa shape index (κ2) is 5.39. The van der Waals surface area contributed by atoms with Gasteiger partial charge >= 0.3 is 0 Å². The Balaban J connectivity index is 1.69. The Hall–Kier alpha value is -0.740. The van der Waals surface area contributed by atoms with E-state index in [1.165, 1.54) is 6.92 Å². The molecule has 0 unspecified atom stereocenters. The van der Waals surface area contributed by atoms with Gasteiger partial charge in [-0.15, -0.1) is 0 Å². The van der Waals surface area contributed by atoms with Crippen LogP contribution in [-0.2, 0) is 9.59 Å². The molecular formula is C21H32O4. The summed E-state index contributed by atoms with van der Waals surface area (Å²) < 4.78 is 0. The number of carbonyl (C=O) groups excluding carboxylic acids is 2. The van der Waals surface area contributed by atoms with E-state index in [-0.39, 0.29) is 35.1 Å². The largest absolute Gasteiger partial charge is 0.393 e. The number of ketones is 2. The highest BCUT2D eigenvalue weighted by atomic mass is 16.3. The molecule has 0 amide bonds. The minimum absolute atomic E-state index is 0.00468. The summed E-state index contributed by atoms with van der Waals surface area (Å²) in [6, 6.07) is 0. The van der Waals surface area contributed by atoms with Crippen molar-refractivity contribution in [2.45, 2.75) is 83.8 Å². The average Bonchev–Trinajstić information content (AvgIpc) is 2.83. The fourth-order valence-electron chi connectivity index (χ4n) is 7.61. The number of rotatable bonds is 1. The molecule has 4 fully saturated rings. The van der Waals surface area contributed by atoms with Crippen LogP contribution in [0.25, 0.3) is 0 Å². The zero-order valence-electron chi connectivity index (χ0n) is 15.8. The van der Waals surface area contributed by atoms with Crippen molar-refractivity contribution < 1.29 is 19.8 Å². The molecule has 0 aromatic carbocycles. The maximum atomic E-state index is 13.0. The highest BCUT2D eigenvalue weighted by Crippen LogP contribution is 2.67. The van der Waals surface area contributed by atoms with Crippen LogP contribution in [0.5, 0.6) is 0 Å². The molecule has 0 aliphatic heterocycles. The fourth-order valence-corrected chi connectivity index (χ4v) is 7.61. The van der Waals surface area contributed by atoms with Gasteiger partial charge in [-0.1, -0.05) is 13.8 Å². The van der Waals surface area contributed by atoms with E-state index in [0.29, 0.717) is 31.0 Å². The molecule has 4 aliphatic carbocycles. The van der Waals surface area contributed by atoms with Crippen molar-refractivity contribution in [2.24, 2.45) is 34.5 Å². The summed E-state index contributed by atoms with van der Waals surface area (Å²) in [6.07, 6.45) is 5.84. The van der Waals surface area contributed by atoms with Gasteiger partial charge in [0, 0.05) is 17.8 Å². The summed E-state index contributed by atoms with van der Waals surface area (Å²) in [5.74, 6) is 1.22. The summed E-state index contributed by atoms with van der Waals surface area (Å²) in [5, 5.41) is 21.2. The molecule has 4 aliphatic rings. The molecule has 0 aromatic rings. The van der Waals surface area contributed by atoms with Gasteiger partial charge in [0.15, 0.2) is 5.78 Å². The number of aliphatic hydroxyl groups is 2. The Morgan fingerprint density at radius 2 is 1.76 bits per heavy atom. The Bertz CT molecular complexity index is 615. The van der Waals surface area contributed by atoms with Crippen molar-refractivity contribution >= 4 is 11.6 Å². The maximum Gasteiger partial charge on any atom is 0.161 e. The lowest BCUT2D eigenvalue weighted by molar-refractivity contribution is -0.175. The van der Waals surface area contributed by atoms with Gasteiger partial charge in [0.2, 0.25) is 0 Å². The molecule has 8 atom stereocenters. The molecule has 25 heavy (non-hydrogen) atoms. The summed E-state index contributed by atoms with van der Waals surface area (Å²) in [4.78, 5) is 25.2. The Labute approximate surface area is 150 Å².